The summed E-state index contributed by atoms with van der Waals surface area (Å²) in [6.07, 6.45) is 1.10. The Bertz CT molecular complexity index is 327. The Hall–Kier alpha value is -0.370. The second-order valence-electron chi connectivity index (χ2n) is 3.65. The molecule has 1 fully saturated rings. The Labute approximate surface area is 102 Å². The van der Waals surface area contributed by atoms with Crippen LogP contribution in [0.5, 0.6) is 0 Å². The first-order chi connectivity index (χ1) is 6.91. The first kappa shape index (κ1) is 15.6. The Morgan fingerprint density at radius 1 is 1.38 bits per heavy atom. The van der Waals surface area contributed by atoms with Crippen molar-refractivity contribution in [2.24, 2.45) is 0 Å². The topological polar surface area (TPSA) is 69.7 Å². The maximum atomic E-state index is 11.6. The molecule has 1 amide bonds. The van der Waals surface area contributed by atoms with Crippen molar-refractivity contribution in [2.45, 2.75) is 0 Å². The van der Waals surface area contributed by atoms with Crippen molar-refractivity contribution in [3.63, 3.8) is 0 Å². The van der Waals surface area contributed by atoms with Gasteiger partial charge in [0.1, 0.15) is 0 Å². The number of carbonyl (C=O) groups is 1. The van der Waals surface area contributed by atoms with Crippen LogP contribution in [-0.4, -0.2) is 69.6 Å². The standard InChI is InChI=1S/C8H17N3O3S.ClH/c1-10(15(2,13)14)7-8(12)11-5-3-9-4-6-11;/h9H,3-7H2,1-2H3;1H. The first-order valence-corrected chi connectivity index (χ1v) is 6.66. The summed E-state index contributed by atoms with van der Waals surface area (Å²) >= 11 is 0. The molecule has 0 unspecified atom stereocenters. The van der Waals surface area contributed by atoms with Crippen LogP contribution in [0.15, 0.2) is 0 Å². The number of halogens is 1. The Morgan fingerprint density at radius 2 is 1.88 bits per heavy atom. The van der Waals surface area contributed by atoms with Crippen molar-refractivity contribution in [3.8, 4) is 0 Å². The second-order valence-corrected chi connectivity index (χ2v) is 5.74. The number of sulfonamides is 1. The van der Waals surface area contributed by atoms with Crippen LogP contribution < -0.4 is 5.32 Å². The number of nitrogens with one attached hydrogen (secondary N) is 1. The lowest BCUT2D eigenvalue weighted by Gasteiger charge is -2.28. The van der Waals surface area contributed by atoms with Gasteiger partial charge in [-0.1, -0.05) is 0 Å². The number of amides is 1. The van der Waals surface area contributed by atoms with Crippen molar-refractivity contribution < 1.29 is 13.2 Å². The Morgan fingerprint density at radius 3 is 2.31 bits per heavy atom. The predicted molar refractivity (Wildman–Crippen MR) is 64.2 cm³/mol. The minimum atomic E-state index is -3.27. The van der Waals surface area contributed by atoms with Gasteiger partial charge in [-0.25, -0.2) is 8.42 Å². The third-order valence-corrected chi connectivity index (χ3v) is 3.66. The number of nitrogens with zero attached hydrogens (tertiary/aromatic N) is 2. The van der Waals surface area contributed by atoms with Gasteiger partial charge in [0.15, 0.2) is 0 Å². The monoisotopic (exact) mass is 271 g/mol. The van der Waals surface area contributed by atoms with Crippen LogP contribution in [0.4, 0.5) is 0 Å². The van der Waals surface area contributed by atoms with Crippen molar-refractivity contribution in [1.82, 2.24) is 14.5 Å². The molecule has 96 valence electrons. The number of hydrogen-bond acceptors (Lipinski definition) is 4. The molecule has 1 saturated heterocycles. The molecule has 1 rings (SSSR count). The smallest absolute Gasteiger partial charge is 0.237 e. The van der Waals surface area contributed by atoms with E-state index >= 15 is 0 Å². The van der Waals surface area contributed by atoms with Gasteiger partial charge in [-0.2, -0.15) is 4.31 Å². The van der Waals surface area contributed by atoms with E-state index in [4.69, 9.17) is 0 Å². The van der Waals surface area contributed by atoms with E-state index in [0.29, 0.717) is 13.1 Å². The van der Waals surface area contributed by atoms with Crippen LogP contribution >= 0.6 is 12.4 Å². The van der Waals surface area contributed by atoms with Gasteiger partial charge >= 0.3 is 0 Å². The quantitative estimate of drug-likeness (QED) is 0.695. The van der Waals surface area contributed by atoms with Crippen LogP contribution in [-0.2, 0) is 14.8 Å². The molecule has 0 radical (unpaired) electrons. The summed E-state index contributed by atoms with van der Waals surface area (Å²) in [7, 11) is -1.85. The summed E-state index contributed by atoms with van der Waals surface area (Å²) in [6, 6.07) is 0. The van der Waals surface area contributed by atoms with E-state index in [9.17, 15) is 13.2 Å². The number of likely N-dealkylation sites (N-methyl/N-ethyl adjacent to an activating group) is 1. The average molecular weight is 272 g/mol. The summed E-state index contributed by atoms with van der Waals surface area (Å²) in [5, 5.41) is 3.13. The molecule has 0 aromatic carbocycles. The van der Waals surface area contributed by atoms with Crippen molar-refractivity contribution in [1.29, 1.82) is 0 Å². The zero-order valence-corrected chi connectivity index (χ0v) is 11.1. The molecule has 8 heteroatoms. The lowest BCUT2D eigenvalue weighted by molar-refractivity contribution is -0.131. The molecule has 0 bridgehead atoms. The highest BCUT2D eigenvalue weighted by Crippen LogP contribution is 1.98. The fourth-order valence-electron chi connectivity index (χ4n) is 1.32. The van der Waals surface area contributed by atoms with Crippen molar-refractivity contribution in [2.75, 3.05) is 46.0 Å². The molecule has 1 aliphatic heterocycles. The number of carbonyl (C=O) groups excluding carboxylic acids is 1. The predicted octanol–water partition coefficient (Wildman–Crippen LogP) is -1.27. The fraction of sp³-hybridized carbons (Fsp3) is 0.875. The van der Waals surface area contributed by atoms with Gasteiger partial charge in [0.25, 0.3) is 0 Å². The van der Waals surface area contributed by atoms with Gasteiger partial charge in [0.2, 0.25) is 15.9 Å². The molecular weight excluding hydrogens is 254 g/mol. The third-order valence-electron chi connectivity index (χ3n) is 2.39. The van der Waals surface area contributed by atoms with E-state index in [1.165, 1.54) is 7.05 Å². The summed E-state index contributed by atoms with van der Waals surface area (Å²) in [4.78, 5) is 13.3. The number of piperazine rings is 1. The normalized spacial score (nSPS) is 17.1. The zero-order valence-electron chi connectivity index (χ0n) is 9.47. The van der Waals surface area contributed by atoms with Gasteiger partial charge in [0, 0.05) is 33.2 Å². The van der Waals surface area contributed by atoms with E-state index in [1.807, 2.05) is 0 Å². The number of hydrogen-bond donors (Lipinski definition) is 1. The van der Waals surface area contributed by atoms with Crippen LogP contribution in [0.2, 0.25) is 0 Å². The van der Waals surface area contributed by atoms with E-state index in [2.05, 4.69) is 5.32 Å². The highest BCUT2D eigenvalue weighted by molar-refractivity contribution is 7.88. The molecule has 0 spiro atoms. The van der Waals surface area contributed by atoms with Crippen molar-refractivity contribution >= 4 is 28.3 Å². The van der Waals surface area contributed by atoms with Gasteiger partial charge in [-0.15, -0.1) is 12.4 Å². The van der Waals surface area contributed by atoms with E-state index < -0.39 is 10.0 Å². The number of rotatable bonds is 3. The van der Waals surface area contributed by atoms with Crippen LogP contribution in [0.25, 0.3) is 0 Å². The van der Waals surface area contributed by atoms with E-state index in [-0.39, 0.29) is 24.9 Å². The van der Waals surface area contributed by atoms with Gasteiger partial charge < -0.3 is 10.2 Å². The van der Waals surface area contributed by atoms with Gasteiger partial charge in [-0.3, -0.25) is 4.79 Å². The maximum absolute atomic E-state index is 11.6. The molecule has 0 aromatic heterocycles. The Balaban J connectivity index is 0.00000225. The van der Waals surface area contributed by atoms with Crippen LogP contribution in [0, 0.1) is 0 Å². The van der Waals surface area contributed by atoms with Crippen LogP contribution in [0.1, 0.15) is 0 Å². The van der Waals surface area contributed by atoms with Gasteiger partial charge in [0.05, 0.1) is 12.8 Å². The molecule has 1 aliphatic rings. The molecule has 6 nitrogen and oxygen atoms in total. The summed E-state index contributed by atoms with van der Waals surface area (Å²) in [6.45, 7) is 2.77. The largest absolute Gasteiger partial charge is 0.339 e. The highest BCUT2D eigenvalue weighted by Gasteiger charge is 2.20. The summed E-state index contributed by atoms with van der Waals surface area (Å²) in [5.74, 6) is -0.135. The Kier molecular flexibility index (Phi) is 6.24. The highest BCUT2D eigenvalue weighted by atomic mass is 35.5. The molecule has 1 N–H and O–H groups in total. The molecule has 0 saturated carbocycles. The molecular formula is C8H18ClN3O3S. The minimum absolute atomic E-state index is 0. The average Bonchev–Trinajstić information content (AvgIpc) is 2.17. The van der Waals surface area contributed by atoms with E-state index in [0.717, 1.165) is 23.7 Å². The molecule has 0 aliphatic carbocycles. The fourth-order valence-corrected chi connectivity index (χ4v) is 1.67. The SMILES string of the molecule is CN(CC(=O)N1CCNCC1)S(C)(=O)=O.Cl. The van der Waals surface area contributed by atoms with Crippen molar-refractivity contribution in [3.05, 3.63) is 0 Å². The van der Waals surface area contributed by atoms with Crippen LogP contribution in [0.3, 0.4) is 0 Å². The summed E-state index contributed by atoms with van der Waals surface area (Å²) in [5.41, 5.74) is 0. The van der Waals surface area contributed by atoms with E-state index in [1.54, 1.807) is 4.90 Å². The maximum Gasteiger partial charge on any atom is 0.237 e. The lowest BCUT2D eigenvalue weighted by atomic mass is 10.3. The molecule has 0 atom stereocenters. The third kappa shape index (κ3) is 4.65. The summed E-state index contributed by atoms with van der Waals surface area (Å²) < 4.78 is 23.3. The van der Waals surface area contributed by atoms with Gasteiger partial charge in [-0.05, 0) is 0 Å². The second kappa shape index (κ2) is 6.39. The molecule has 16 heavy (non-hydrogen) atoms. The zero-order chi connectivity index (χ0) is 11.5. The molecule has 0 aromatic rings. The minimum Gasteiger partial charge on any atom is -0.339 e. The first-order valence-electron chi connectivity index (χ1n) is 4.81. The lowest BCUT2D eigenvalue weighted by Crippen LogP contribution is -2.49. The molecule has 1 heterocycles.